The third-order valence-corrected chi connectivity index (χ3v) is 2.23. The molecule has 0 aliphatic heterocycles. The van der Waals surface area contributed by atoms with Gasteiger partial charge in [-0.05, 0) is 22.0 Å². The molecule has 0 aliphatic carbocycles. The van der Waals surface area contributed by atoms with Crippen molar-refractivity contribution in [3.05, 3.63) is 22.2 Å². The van der Waals surface area contributed by atoms with Crippen LogP contribution in [0.25, 0.3) is 0 Å². The van der Waals surface area contributed by atoms with Crippen LogP contribution in [0.4, 0.5) is 0 Å². The summed E-state index contributed by atoms with van der Waals surface area (Å²) in [7, 11) is 1.47. The molecule has 0 spiro atoms. The van der Waals surface area contributed by atoms with E-state index < -0.39 is 0 Å². The number of hydrogen-bond donors (Lipinski definition) is 0. The highest BCUT2D eigenvalue weighted by molar-refractivity contribution is 9.10. The van der Waals surface area contributed by atoms with E-state index in [0.29, 0.717) is 21.5 Å². The van der Waals surface area contributed by atoms with Crippen LogP contribution in [0.3, 0.4) is 0 Å². The van der Waals surface area contributed by atoms with Gasteiger partial charge in [-0.1, -0.05) is 0 Å². The topological polar surface area (TPSA) is 66.0 Å². The fourth-order valence-corrected chi connectivity index (χ4v) is 1.59. The van der Waals surface area contributed by atoms with E-state index in [1.165, 1.54) is 7.11 Å². The number of rotatable bonds is 3. The van der Waals surface area contributed by atoms with Gasteiger partial charge < -0.3 is 9.47 Å². The van der Waals surface area contributed by atoms with E-state index in [1.807, 2.05) is 12.1 Å². The van der Waals surface area contributed by atoms with Crippen molar-refractivity contribution in [2.75, 3.05) is 13.7 Å². The Morgan fingerprint density at radius 3 is 2.67 bits per heavy atom. The molecule has 0 amide bonds. The molecular weight excluding hydrogens is 260 g/mol. The fourth-order valence-electron chi connectivity index (χ4n) is 1.03. The first-order valence-corrected chi connectivity index (χ1v) is 4.79. The quantitative estimate of drug-likeness (QED) is 0.842. The molecule has 0 aliphatic rings. The fraction of sp³-hybridized carbons (Fsp3) is 0.200. The lowest BCUT2D eigenvalue weighted by molar-refractivity contribution is 0.327. The predicted octanol–water partition coefficient (Wildman–Crippen LogP) is 2.23. The van der Waals surface area contributed by atoms with E-state index in [9.17, 15) is 0 Å². The lowest BCUT2D eigenvalue weighted by atomic mass is 10.2. The van der Waals surface area contributed by atoms with Crippen LogP contribution in [0.1, 0.15) is 5.56 Å². The molecule has 4 nitrogen and oxygen atoms in total. The molecule has 0 bridgehead atoms. The highest BCUT2D eigenvalue weighted by Crippen LogP contribution is 2.36. The summed E-state index contributed by atoms with van der Waals surface area (Å²) in [6, 6.07) is 7.01. The summed E-state index contributed by atoms with van der Waals surface area (Å²) in [5.41, 5.74) is 0.461. The minimum atomic E-state index is -0.0686. The Morgan fingerprint density at radius 1 is 1.40 bits per heavy atom. The molecule has 15 heavy (non-hydrogen) atoms. The Hall–Kier alpha value is -1.72. The smallest absolute Gasteiger partial charge is 0.176 e. The zero-order valence-electron chi connectivity index (χ0n) is 7.95. The zero-order chi connectivity index (χ0) is 11.3. The van der Waals surface area contributed by atoms with Crippen LogP contribution in [0, 0.1) is 22.7 Å². The third-order valence-electron chi connectivity index (χ3n) is 1.64. The van der Waals surface area contributed by atoms with Crippen LogP contribution in [-0.4, -0.2) is 13.7 Å². The summed E-state index contributed by atoms with van der Waals surface area (Å²) in [6.07, 6.45) is 0. The van der Waals surface area contributed by atoms with Crippen molar-refractivity contribution in [1.82, 2.24) is 0 Å². The molecule has 1 aromatic rings. The molecule has 0 heterocycles. The molecule has 5 heteroatoms. The van der Waals surface area contributed by atoms with Crippen LogP contribution in [0.2, 0.25) is 0 Å². The van der Waals surface area contributed by atoms with Gasteiger partial charge in [0.1, 0.15) is 6.07 Å². The molecule has 0 N–H and O–H groups in total. The van der Waals surface area contributed by atoms with E-state index in [-0.39, 0.29) is 6.61 Å². The number of methoxy groups -OCH3 is 1. The molecule has 0 saturated carbocycles. The van der Waals surface area contributed by atoms with E-state index in [4.69, 9.17) is 20.0 Å². The Balaban J connectivity index is 3.15. The van der Waals surface area contributed by atoms with Gasteiger partial charge >= 0.3 is 0 Å². The molecule has 0 saturated heterocycles. The maximum Gasteiger partial charge on any atom is 0.176 e. The second kappa shape index (κ2) is 5.23. The second-order valence-corrected chi connectivity index (χ2v) is 3.40. The minimum absolute atomic E-state index is 0.0686. The van der Waals surface area contributed by atoms with Crippen LogP contribution in [0.5, 0.6) is 11.5 Å². The molecule has 1 rings (SSSR count). The maximum atomic E-state index is 8.73. The first-order valence-electron chi connectivity index (χ1n) is 4.00. The van der Waals surface area contributed by atoms with Gasteiger partial charge in [0.25, 0.3) is 0 Å². The average molecular weight is 267 g/mol. The van der Waals surface area contributed by atoms with Crippen molar-refractivity contribution in [2.45, 2.75) is 0 Å². The van der Waals surface area contributed by atoms with Gasteiger partial charge in [-0.25, -0.2) is 0 Å². The minimum Gasteiger partial charge on any atom is -0.493 e. The Labute approximate surface area is 95.8 Å². The van der Waals surface area contributed by atoms with Gasteiger partial charge in [-0.15, -0.1) is 0 Å². The Kier molecular flexibility index (Phi) is 3.96. The monoisotopic (exact) mass is 266 g/mol. The van der Waals surface area contributed by atoms with Crippen molar-refractivity contribution >= 4 is 15.9 Å². The summed E-state index contributed by atoms with van der Waals surface area (Å²) >= 11 is 3.24. The summed E-state index contributed by atoms with van der Waals surface area (Å²) in [5.74, 6) is 0.856. The normalized spacial score (nSPS) is 8.80. The van der Waals surface area contributed by atoms with Crippen LogP contribution in [-0.2, 0) is 0 Å². The summed E-state index contributed by atoms with van der Waals surface area (Å²) < 4.78 is 10.8. The first-order chi connectivity index (χ1) is 7.22. The molecule has 1 aromatic carbocycles. The number of nitriles is 2. The van der Waals surface area contributed by atoms with Crippen LogP contribution < -0.4 is 9.47 Å². The number of nitrogens with zero attached hydrogens (tertiary/aromatic N) is 2. The number of benzene rings is 1. The summed E-state index contributed by atoms with van der Waals surface area (Å²) in [4.78, 5) is 0. The summed E-state index contributed by atoms with van der Waals surface area (Å²) in [5, 5.41) is 17.1. The van der Waals surface area contributed by atoms with Gasteiger partial charge in [0.2, 0.25) is 0 Å². The third kappa shape index (κ3) is 2.61. The highest BCUT2D eigenvalue weighted by atomic mass is 79.9. The van der Waals surface area contributed by atoms with Crippen molar-refractivity contribution in [1.29, 1.82) is 10.5 Å². The van der Waals surface area contributed by atoms with Gasteiger partial charge in [-0.3, -0.25) is 0 Å². The second-order valence-electron chi connectivity index (χ2n) is 2.55. The highest BCUT2D eigenvalue weighted by Gasteiger charge is 2.11. The van der Waals surface area contributed by atoms with Crippen LogP contribution in [0.15, 0.2) is 16.6 Å². The van der Waals surface area contributed by atoms with Gasteiger partial charge in [0, 0.05) is 6.07 Å². The zero-order valence-corrected chi connectivity index (χ0v) is 9.54. The lowest BCUT2D eigenvalue weighted by Crippen LogP contribution is -1.98. The molecular formula is C10H7BrN2O2. The Bertz CT molecular complexity index is 446. The largest absolute Gasteiger partial charge is 0.493 e. The average Bonchev–Trinajstić information content (AvgIpc) is 2.26. The maximum absolute atomic E-state index is 8.73. The first kappa shape index (κ1) is 11.4. The molecule has 0 radical (unpaired) electrons. The van der Waals surface area contributed by atoms with Gasteiger partial charge in [-0.2, -0.15) is 10.5 Å². The van der Waals surface area contributed by atoms with Crippen molar-refractivity contribution in [2.24, 2.45) is 0 Å². The van der Waals surface area contributed by atoms with Crippen molar-refractivity contribution < 1.29 is 9.47 Å². The molecule has 0 fully saturated rings. The van der Waals surface area contributed by atoms with Crippen molar-refractivity contribution in [3.8, 4) is 23.6 Å². The van der Waals surface area contributed by atoms with E-state index in [2.05, 4.69) is 15.9 Å². The number of hydrogen-bond acceptors (Lipinski definition) is 4. The molecule has 0 aromatic heterocycles. The van der Waals surface area contributed by atoms with E-state index in [1.54, 1.807) is 12.1 Å². The summed E-state index contributed by atoms with van der Waals surface area (Å²) in [6.45, 7) is -0.0686. The molecule has 0 atom stereocenters. The SMILES string of the molecule is COc1cc(C#N)cc(Br)c1OCC#N. The lowest BCUT2D eigenvalue weighted by Gasteiger charge is -2.10. The Morgan fingerprint density at radius 2 is 2.13 bits per heavy atom. The van der Waals surface area contributed by atoms with Crippen LogP contribution >= 0.6 is 15.9 Å². The standard InChI is InChI=1S/C10H7BrN2O2/c1-14-9-5-7(6-13)4-8(11)10(9)15-3-2-12/h4-5H,3H2,1H3. The van der Waals surface area contributed by atoms with Crippen molar-refractivity contribution in [3.63, 3.8) is 0 Å². The predicted molar refractivity (Wildman–Crippen MR) is 56.5 cm³/mol. The molecule has 76 valence electrons. The van der Waals surface area contributed by atoms with Gasteiger partial charge in [0.05, 0.1) is 23.2 Å². The number of ether oxygens (including phenoxy) is 2. The molecule has 0 unspecified atom stereocenters. The van der Waals surface area contributed by atoms with E-state index >= 15 is 0 Å². The van der Waals surface area contributed by atoms with E-state index in [0.717, 1.165) is 0 Å². The number of halogens is 1. The van der Waals surface area contributed by atoms with Gasteiger partial charge in [0.15, 0.2) is 18.1 Å².